The molecule has 0 saturated carbocycles. The number of hydrogen-bond acceptors (Lipinski definition) is 5. The van der Waals surface area contributed by atoms with Crippen molar-refractivity contribution in [1.29, 1.82) is 0 Å². The van der Waals surface area contributed by atoms with Gasteiger partial charge in [0.1, 0.15) is 11.1 Å². The van der Waals surface area contributed by atoms with E-state index in [4.69, 9.17) is 4.74 Å². The number of anilines is 1. The van der Waals surface area contributed by atoms with Crippen molar-refractivity contribution in [3.8, 4) is 0 Å². The molecule has 2 aromatic rings. The molecule has 0 aromatic carbocycles. The third kappa shape index (κ3) is 3.60. The monoisotopic (exact) mass is 331 g/mol. The standard InChI is InChI=1S/C17H25N5O2/c1-12-10-14-15(18-7-9-22(14)20-12)21-8-5-6-13(21)11-19-16(23)24-17(2,3)4/h7,9-10,13H,5-6,8,11H2,1-4H3,(H,19,23). The summed E-state index contributed by atoms with van der Waals surface area (Å²) in [4.78, 5) is 18.7. The highest BCUT2D eigenvalue weighted by Gasteiger charge is 2.28. The number of aryl methyl sites for hydroxylation is 1. The lowest BCUT2D eigenvalue weighted by atomic mass is 10.2. The summed E-state index contributed by atoms with van der Waals surface area (Å²) in [6.07, 6.45) is 5.35. The molecule has 0 radical (unpaired) electrons. The van der Waals surface area contributed by atoms with Gasteiger partial charge in [0.2, 0.25) is 0 Å². The van der Waals surface area contributed by atoms with E-state index in [9.17, 15) is 4.79 Å². The van der Waals surface area contributed by atoms with Crippen LogP contribution < -0.4 is 10.2 Å². The Bertz CT molecular complexity index is 734. The normalized spacial score (nSPS) is 18.2. The predicted molar refractivity (Wildman–Crippen MR) is 92.3 cm³/mol. The Morgan fingerprint density at radius 1 is 1.46 bits per heavy atom. The summed E-state index contributed by atoms with van der Waals surface area (Å²) in [6.45, 7) is 9.04. The molecule has 1 saturated heterocycles. The van der Waals surface area contributed by atoms with Gasteiger partial charge in [-0.2, -0.15) is 5.10 Å². The number of rotatable bonds is 3. The average molecular weight is 331 g/mol. The summed E-state index contributed by atoms with van der Waals surface area (Å²) in [7, 11) is 0. The van der Waals surface area contributed by atoms with Gasteiger partial charge in [0.25, 0.3) is 0 Å². The smallest absolute Gasteiger partial charge is 0.407 e. The largest absolute Gasteiger partial charge is 0.444 e. The fraction of sp³-hybridized carbons (Fsp3) is 0.588. The minimum atomic E-state index is -0.484. The van der Waals surface area contributed by atoms with E-state index in [1.165, 1.54) is 0 Å². The highest BCUT2D eigenvalue weighted by molar-refractivity contribution is 5.70. The van der Waals surface area contributed by atoms with Gasteiger partial charge in [-0.25, -0.2) is 14.3 Å². The highest BCUT2D eigenvalue weighted by Crippen LogP contribution is 2.27. The zero-order valence-corrected chi connectivity index (χ0v) is 14.7. The third-order valence-corrected chi connectivity index (χ3v) is 4.02. The number of alkyl carbamates (subject to hydrolysis) is 1. The fourth-order valence-electron chi connectivity index (χ4n) is 3.09. The van der Waals surface area contributed by atoms with E-state index in [-0.39, 0.29) is 12.1 Å². The molecule has 0 bridgehead atoms. The molecule has 3 rings (SSSR count). The van der Waals surface area contributed by atoms with Crippen LogP contribution in [-0.4, -0.2) is 45.4 Å². The molecule has 3 heterocycles. The first kappa shape index (κ1) is 16.5. The summed E-state index contributed by atoms with van der Waals surface area (Å²) in [5.41, 5.74) is 1.48. The van der Waals surface area contributed by atoms with Gasteiger partial charge >= 0.3 is 6.09 Å². The number of fused-ring (bicyclic) bond motifs is 1. The lowest BCUT2D eigenvalue weighted by Gasteiger charge is -2.27. The maximum atomic E-state index is 11.9. The first-order valence-corrected chi connectivity index (χ1v) is 8.38. The molecule has 1 amide bonds. The Morgan fingerprint density at radius 2 is 2.25 bits per heavy atom. The number of nitrogens with one attached hydrogen (secondary N) is 1. The van der Waals surface area contributed by atoms with Crippen molar-refractivity contribution >= 4 is 17.4 Å². The number of aromatic nitrogens is 3. The van der Waals surface area contributed by atoms with Crippen LogP contribution in [0.25, 0.3) is 5.52 Å². The van der Waals surface area contributed by atoms with E-state index < -0.39 is 5.60 Å². The fourth-order valence-corrected chi connectivity index (χ4v) is 3.09. The summed E-state index contributed by atoms with van der Waals surface area (Å²) in [5.74, 6) is 0.923. The summed E-state index contributed by atoms with van der Waals surface area (Å²) < 4.78 is 7.17. The molecular formula is C17H25N5O2. The molecule has 24 heavy (non-hydrogen) atoms. The van der Waals surface area contributed by atoms with Crippen molar-refractivity contribution in [2.45, 2.75) is 52.2 Å². The SMILES string of the molecule is Cc1cc2c(N3CCCC3CNC(=O)OC(C)(C)C)nccn2n1. The first-order valence-electron chi connectivity index (χ1n) is 8.38. The Morgan fingerprint density at radius 3 is 3.00 bits per heavy atom. The van der Waals surface area contributed by atoms with Crippen molar-refractivity contribution < 1.29 is 9.53 Å². The lowest BCUT2D eigenvalue weighted by molar-refractivity contribution is 0.0525. The molecule has 1 unspecified atom stereocenters. The molecule has 1 aliphatic heterocycles. The first-order chi connectivity index (χ1) is 11.3. The topological polar surface area (TPSA) is 71.8 Å². The van der Waals surface area contributed by atoms with Gasteiger partial charge in [-0.15, -0.1) is 0 Å². The van der Waals surface area contributed by atoms with Crippen molar-refractivity contribution in [2.24, 2.45) is 0 Å². The van der Waals surface area contributed by atoms with E-state index in [0.29, 0.717) is 6.54 Å². The summed E-state index contributed by atoms with van der Waals surface area (Å²) >= 11 is 0. The maximum Gasteiger partial charge on any atom is 0.407 e. The lowest BCUT2D eigenvalue weighted by Crippen LogP contribution is -2.42. The molecule has 1 N–H and O–H groups in total. The third-order valence-electron chi connectivity index (χ3n) is 4.02. The number of carbonyl (C=O) groups is 1. The van der Waals surface area contributed by atoms with Gasteiger partial charge in [0.15, 0.2) is 5.82 Å². The van der Waals surface area contributed by atoms with Crippen LogP contribution in [0.1, 0.15) is 39.3 Å². The Balaban J connectivity index is 1.72. The zero-order valence-electron chi connectivity index (χ0n) is 14.7. The van der Waals surface area contributed by atoms with Gasteiger partial charge in [0, 0.05) is 31.5 Å². The highest BCUT2D eigenvalue weighted by atomic mass is 16.6. The number of amides is 1. The minimum absolute atomic E-state index is 0.214. The van der Waals surface area contributed by atoms with Crippen LogP contribution in [0.15, 0.2) is 18.5 Å². The van der Waals surface area contributed by atoms with Gasteiger partial charge in [-0.05, 0) is 46.6 Å². The number of ether oxygens (including phenoxy) is 1. The Kier molecular flexibility index (Phi) is 4.34. The molecular weight excluding hydrogens is 306 g/mol. The van der Waals surface area contributed by atoms with Crippen molar-refractivity contribution in [3.05, 3.63) is 24.2 Å². The molecule has 1 fully saturated rings. The molecule has 1 atom stereocenters. The van der Waals surface area contributed by atoms with Gasteiger partial charge < -0.3 is 15.0 Å². The van der Waals surface area contributed by atoms with Crippen LogP contribution in [0, 0.1) is 6.92 Å². The van der Waals surface area contributed by atoms with E-state index in [1.807, 2.05) is 44.5 Å². The molecule has 7 heteroatoms. The second-order valence-corrected chi connectivity index (χ2v) is 7.24. The van der Waals surface area contributed by atoms with E-state index in [2.05, 4.69) is 20.3 Å². The quantitative estimate of drug-likeness (QED) is 0.936. The second-order valence-electron chi connectivity index (χ2n) is 7.24. The molecule has 0 aliphatic carbocycles. The second kappa shape index (κ2) is 6.30. The van der Waals surface area contributed by atoms with Crippen molar-refractivity contribution in [2.75, 3.05) is 18.0 Å². The van der Waals surface area contributed by atoms with Crippen LogP contribution in [0.5, 0.6) is 0 Å². The average Bonchev–Trinajstić information content (AvgIpc) is 3.07. The molecule has 130 valence electrons. The maximum absolute atomic E-state index is 11.9. The predicted octanol–water partition coefficient (Wildman–Crippen LogP) is 2.53. The molecule has 7 nitrogen and oxygen atoms in total. The van der Waals surface area contributed by atoms with Crippen molar-refractivity contribution in [1.82, 2.24) is 19.9 Å². The summed E-state index contributed by atoms with van der Waals surface area (Å²) in [5, 5.41) is 7.33. The van der Waals surface area contributed by atoms with Crippen LogP contribution in [0.3, 0.4) is 0 Å². The Labute approximate surface area is 142 Å². The Hall–Kier alpha value is -2.31. The van der Waals surface area contributed by atoms with Crippen LogP contribution in [0.2, 0.25) is 0 Å². The molecule has 0 spiro atoms. The zero-order chi connectivity index (χ0) is 17.3. The van der Waals surface area contributed by atoms with E-state index in [0.717, 1.165) is 36.4 Å². The van der Waals surface area contributed by atoms with Gasteiger partial charge in [-0.3, -0.25) is 0 Å². The van der Waals surface area contributed by atoms with Gasteiger partial charge in [-0.1, -0.05) is 0 Å². The minimum Gasteiger partial charge on any atom is -0.444 e. The molecule has 2 aromatic heterocycles. The van der Waals surface area contributed by atoms with E-state index in [1.54, 1.807) is 6.20 Å². The van der Waals surface area contributed by atoms with Crippen LogP contribution >= 0.6 is 0 Å². The molecule has 1 aliphatic rings. The van der Waals surface area contributed by atoms with Crippen LogP contribution in [0.4, 0.5) is 10.6 Å². The number of hydrogen-bond donors (Lipinski definition) is 1. The number of carbonyl (C=O) groups excluding carboxylic acids is 1. The number of nitrogens with zero attached hydrogens (tertiary/aromatic N) is 4. The van der Waals surface area contributed by atoms with E-state index >= 15 is 0 Å². The van der Waals surface area contributed by atoms with Gasteiger partial charge in [0.05, 0.1) is 5.69 Å². The van der Waals surface area contributed by atoms with Crippen molar-refractivity contribution in [3.63, 3.8) is 0 Å². The van der Waals surface area contributed by atoms with Crippen LogP contribution in [-0.2, 0) is 4.74 Å². The summed E-state index contributed by atoms with van der Waals surface area (Å²) in [6, 6.07) is 2.25.